The molecular formula is C18H37N3. The Hall–Kier alpha value is -0.120. The van der Waals surface area contributed by atoms with E-state index in [2.05, 4.69) is 49.7 Å². The van der Waals surface area contributed by atoms with Gasteiger partial charge in [0.2, 0.25) is 0 Å². The minimum atomic E-state index is 0.231. The van der Waals surface area contributed by atoms with Gasteiger partial charge >= 0.3 is 0 Å². The summed E-state index contributed by atoms with van der Waals surface area (Å²) in [5.41, 5.74) is 0.231. The molecule has 3 heteroatoms. The molecule has 2 unspecified atom stereocenters. The summed E-state index contributed by atoms with van der Waals surface area (Å²) in [4.78, 5) is 5.47. The van der Waals surface area contributed by atoms with Gasteiger partial charge in [-0.2, -0.15) is 0 Å². The Balaban J connectivity index is 1.72. The third kappa shape index (κ3) is 5.22. The third-order valence-electron chi connectivity index (χ3n) is 5.54. The maximum atomic E-state index is 3.66. The largest absolute Gasteiger partial charge is 0.312 e. The summed E-state index contributed by atoms with van der Waals surface area (Å²) >= 11 is 0. The van der Waals surface area contributed by atoms with Gasteiger partial charge in [-0.3, -0.25) is 9.80 Å². The van der Waals surface area contributed by atoms with Gasteiger partial charge in [-0.25, -0.2) is 0 Å². The average Bonchev–Trinajstić information content (AvgIpc) is 2.97. The van der Waals surface area contributed by atoms with E-state index in [4.69, 9.17) is 0 Å². The molecule has 2 fully saturated rings. The highest BCUT2D eigenvalue weighted by Crippen LogP contribution is 2.25. The lowest BCUT2D eigenvalue weighted by Gasteiger charge is -2.42. The van der Waals surface area contributed by atoms with Gasteiger partial charge in [0, 0.05) is 43.8 Å². The summed E-state index contributed by atoms with van der Waals surface area (Å²) in [5, 5.41) is 3.66. The molecule has 21 heavy (non-hydrogen) atoms. The molecule has 0 aromatic heterocycles. The number of piperazine rings is 1. The highest BCUT2D eigenvalue weighted by Gasteiger charge is 2.29. The first-order valence-corrected chi connectivity index (χ1v) is 9.10. The summed E-state index contributed by atoms with van der Waals surface area (Å²) in [6, 6.07) is 1.59. The fourth-order valence-corrected chi connectivity index (χ4v) is 3.78. The minimum absolute atomic E-state index is 0.231. The van der Waals surface area contributed by atoms with Crippen LogP contribution in [0, 0.1) is 5.92 Å². The molecule has 0 bridgehead atoms. The SMILES string of the molecule is CC(CNC(C)(C)C)C(C)N1CCN(C2CCCC2)CC1. The van der Waals surface area contributed by atoms with Crippen molar-refractivity contribution in [2.24, 2.45) is 5.92 Å². The fourth-order valence-electron chi connectivity index (χ4n) is 3.78. The van der Waals surface area contributed by atoms with Gasteiger partial charge < -0.3 is 5.32 Å². The van der Waals surface area contributed by atoms with Crippen molar-refractivity contribution in [3.8, 4) is 0 Å². The second-order valence-electron chi connectivity index (χ2n) is 8.36. The molecule has 0 aromatic carbocycles. The summed E-state index contributed by atoms with van der Waals surface area (Å²) in [6.07, 6.45) is 5.80. The summed E-state index contributed by atoms with van der Waals surface area (Å²) in [5.74, 6) is 0.710. The van der Waals surface area contributed by atoms with Crippen LogP contribution in [0.2, 0.25) is 0 Å². The van der Waals surface area contributed by atoms with E-state index in [0.717, 1.165) is 12.6 Å². The Labute approximate surface area is 132 Å². The van der Waals surface area contributed by atoms with Crippen LogP contribution in [0.5, 0.6) is 0 Å². The maximum absolute atomic E-state index is 3.66. The van der Waals surface area contributed by atoms with Gasteiger partial charge in [-0.1, -0.05) is 19.8 Å². The van der Waals surface area contributed by atoms with Crippen LogP contribution >= 0.6 is 0 Å². The molecule has 1 aliphatic carbocycles. The van der Waals surface area contributed by atoms with Crippen LogP contribution in [0.1, 0.15) is 60.3 Å². The van der Waals surface area contributed by atoms with Gasteiger partial charge in [0.05, 0.1) is 0 Å². The average molecular weight is 296 g/mol. The van der Waals surface area contributed by atoms with E-state index >= 15 is 0 Å². The Morgan fingerprint density at radius 2 is 1.57 bits per heavy atom. The van der Waals surface area contributed by atoms with Crippen molar-refractivity contribution in [1.29, 1.82) is 0 Å². The van der Waals surface area contributed by atoms with Crippen molar-refractivity contribution in [1.82, 2.24) is 15.1 Å². The van der Waals surface area contributed by atoms with Crippen LogP contribution in [-0.2, 0) is 0 Å². The molecule has 1 aliphatic heterocycles. The van der Waals surface area contributed by atoms with E-state index in [1.807, 2.05) is 0 Å². The maximum Gasteiger partial charge on any atom is 0.0113 e. The smallest absolute Gasteiger partial charge is 0.0113 e. The van der Waals surface area contributed by atoms with E-state index in [1.54, 1.807) is 0 Å². The first-order chi connectivity index (χ1) is 9.87. The van der Waals surface area contributed by atoms with Gasteiger partial charge in [-0.15, -0.1) is 0 Å². The van der Waals surface area contributed by atoms with E-state index in [1.165, 1.54) is 51.9 Å². The van der Waals surface area contributed by atoms with Crippen molar-refractivity contribution in [3.05, 3.63) is 0 Å². The van der Waals surface area contributed by atoms with Gasteiger partial charge in [0.15, 0.2) is 0 Å². The predicted molar refractivity (Wildman–Crippen MR) is 91.8 cm³/mol. The highest BCUT2D eigenvalue weighted by atomic mass is 15.3. The first kappa shape index (κ1) is 17.2. The normalized spacial score (nSPS) is 26.1. The minimum Gasteiger partial charge on any atom is -0.312 e. The molecule has 124 valence electrons. The Morgan fingerprint density at radius 3 is 2.10 bits per heavy atom. The van der Waals surface area contributed by atoms with Crippen molar-refractivity contribution in [2.45, 2.75) is 77.9 Å². The van der Waals surface area contributed by atoms with E-state index < -0.39 is 0 Å². The summed E-state index contributed by atoms with van der Waals surface area (Å²) in [7, 11) is 0. The van der Waals surface area contributed by atoms with E-state index in [0.29, 0.717) is 12.0 Å². The van der Waals surface area contributed by atoms with Crippen molar-refractivity contribution >= 4 is 0 Å². The third-order valence-corrected chi connectivity index (χ3v) is 5.54. The molecule has 0 amide bonds. The summed E-state index contributed by atoms with van der Waals surface area (Å²) in [6.45, 7) is 17.8. The second-order valence-corrected chi connectivity index (χ2v) is 8.36. The molecule has 2 atom stereocenters. The van der Waals surface area contributed by atoms with Gasteiger partial charge in [0.25, 0.3) is 0 Å². The van der Waals surface area contributed by atoms with E-state index in [9.17, 15) is 0 Å². The van der Waals surface area contributed by atoms with Gasteiger partial charge in [-0.05, 0) is 53.0 Å². The lowest BCUT2D eigenvalue weighted by atomic mass is 9.99. The monoisotopic (exact) mass is 295 g/mol. The fraction of sp³-hybridized carbons (Fsp3) is 1.00. The predicted octanol–water partition coefficient (Wildman–Crippen LogP) is 2.96. The number of hydrogen-bond donors (Lipinski definition) is 1. The number of rotatable bonds is 5. The number of nitrogens with zero attached hydrogens (tertiary/aromatic N) is 2. The summed E-state index contributed by atoms with van der Waals surface area (Å²) < 4.78 is 0. The first-order valence-electron chi connectivity index (χ1n) is 9.10. The lowest BCUT2D eigenvalue weighted by molar-refractivity contribution is 0.0579. The topological polar surface area (TPSA) is 18.5 Å². The zero-order valence-electron chi connectivity index (χ0n) is 15.0. The van der Waals surface area contributed by atoms with Crippen LogP contribution in [0.3, 0.4) is 0 Å². The van der Waals surface area contributed by atoms with Crippen molar-refractivity contribution in [2.75, 3.05) is 32.7 Å². The Bertz CT molecular complexity index is 296. The van der Waals surface area contributed by atoms with Crippen LogP contribution in [-0.4, -0.2) is 60.1 Å². The van der Waals surface area contributed by atoms with E-state index in [-0.39, 0.29) is 5.54 Å². The molecule has 3 nitrogen and oxygen atoms in total. The van der Waals surface area contributed by atoms with Gasteiger partial charge in [0.1, 0.15) is 0 Å². The highest BCUT2D eigenvalue weighted by molar-refractivity contribution is 4.85. The molecule has 2 aliphatic rings. The van der Waals surface area contributed by atoms with Crippen LogP contribution in [0.25, 0.3) is 0 Å². The number of hydrogen-bond acceptors (Lipinski definition) is 3. The number of nitrogens with one attached hydrogen (secondary N) is 1. The molecule has 1 heterocycles. The molecular weight excluding hydrogens is 258 g/mol. The molecule has 0 spiro atoms. The van der Waals surface area contributed by atoms with Crippen LogP contribution in [0.4, 0.5) is 0 Å². The zero-order chi connectivity index (χ0) is 15.5. The molecule has 2 rings (SSSR count). The molecule has 1 N–H and O–H groups in total. The Morgan fingerprint density at radius 1 is 1.00 bits per heavy atom. The van der Waals surface area contributed by atoms with Crippen molar-refractivity contribution in [3.63, 3.8) is 0 Å². The van der Waals surface area contributed by atoms with Crippen LogP contribution < -0.4 is 5.32 Å². The van der Waals surface area contributed by atoms with Crippen molar-refractivity contribution < 1.29 is 0 Å². The molecule has 1 saturated heterocycles. The Kier molecular flexibility index (Phi) is 6.10. The lowest BCUT2D eigenvalue weighted by Crippen LogP contribution is -2.54. The zero-order valence-corrected chi connectivity index (χ0v) is 15.0. The van der Waals surface area contributed by atoms with Crippen LogP contribution in [0.15, 0.2) is 0 Å². The molecule has 1 saturated carbocycles. The second kappa shape index (κ2) is 7.43. The quantitative estimate of drug-likeness (QED) is 0.841. The molecule has 0 aromatic rings. The molecule has 0 radical (unpaired) electrons. The standard InChI is InChI=1S/C18H37N3/c1-15(14-19-18(3,4)5)16(2)20-10-12-21(13-11-20)17-8-6-7-9-17/h15-17,19H,6-14H2,1-5H3.